The second-order valence-electron chi connectivity index (χ2n) is 4.90. The summed E-state index contributed by atoms with van der Waals surface area (Å²) in [6.45, 7) is 0. The number of halogens is 2. The molecule has 1 aliphatic rings. The minimum atomic E-state index is -4.02. The van der Waals surface area contributed by atoms with Crippen LogP contribution in [0.2, 0.25) is 5.02 Å². The van der Waals surface area contributed by atoms with Crippen LogP contribution in [0.5, 0.6) is 5.75 Å². The van der Waals surface area contributed by atoms with Crippen molar-refractivity contribution < 1.29 is 17.0 Å². The Labute approximate surface area is 127 Å². The Kier molecular flexibility index (Phi) is 3.63. The van der Waals surface area contributed by atoms with Gasteiger partial charge in [-0.15, -0.1) is 0 Å². The van der Waals surface area contributed by atoms with Gasteiger partial charge in [0, 0.05) is 0 Å². The fourth-order valence-corrected chi connectivity index (χ4v) is 3.60. The molecule has 21 heavy (non-hydrogen) atoms. The highest BCUT2D eigenvalue weighted by Gasteiger charge is 2.20. The molecule has 3 rings (SSSR count). The summed E-state index contributed by atoms with van der Waals surface area (Å²) in [6, 6.07) is 8.42. The second-order valence-corrected chi connectivity index (χ2v) is 6.85. The Morgan fingerprint density at radius 3 is 2.57 bits per heavy atom. The summed E-state index contributed by atoms with van der Waals surface area (Å²) in [5.74, 6) is -0.413. The molecule has 0 N–H and O–H groups in total. The first kappa shape index (κ1) is 14.4. The van der Waals surface area contributed by atoms with E-state index in [-0.39, 0.29) is 15.7 Å². The Hall–Kier alpha value is -1.59. The van der Waals surface area contributed by atoms with Crippen molar-refractivity contribution in [3.63, 3.8) is 0 Å². The molecule has 0 unspecified atom stereocenters. The van der Waals surface area contributed by atoms with Gasteiger partial charge in [-0.05, 0) is 60.7 Å². The van der Waals surface area contributed by atoms with E-state index >= 15 is 0 Å². The van der Waals surface area contributed by atoms with Crippen molar-refractivity contribution in [3.05, 3.63) is 58.4 Å². The molecule has 1 aliphatic carbocycles. The molecular weight excluding hydrogens is 315 g/mol. The van der Waals surface area contributed by atoms with Crippen LogP contribution >= 0.6 is 11.6 Å². The van der Waals surface area contributed by atoms with Crippen LogP contribution < -0.4 is 4.18 Å². The lowest BCUT2D eigenvalue weighted by Gasteiger charge is -2.09. The van der Waals surface area contributed by atoms with Crippen LogP contribution in [0.3, 0.4) is 0 Å². The van der Waals surface area contributed by atoms with E-state index in [9.17, 15) is 12.8 Å². The number of rotatable bonds is 3. The van der Waals surface area contributed by atoms with Crippen LogP contribution in [0.15, 0.2) is 41.3 Å². The zero-order valence-corrected chi connectivity index (χ0v) is 12.5. The van der Waals surface area contributed by atoms with E-state index in [0.717, 1.165) is 43.0 Å². The first-order valence-electron chi connectivity index (χ1n) is 6.47. The molecule has 0 atom stereocenters. The Bertz CT molecular complexity index is 803. The molecule has 0 saturated carbocycles. The zero-order chi connectivity index (χ0) is 15.0. The number of aryl methyl sites for hydroxylation is 2. The Morgan fingerprint density at radius 1 is 1.05 bits per heavy atom. The predicted molar refractivity (Wildman–Crippen MR) is 77.7 cm³/mol. The maximum Gasteiger partial charge on any atom is 0.339 e. The minimum absolute atomic E-state index is 0.172. The molecule has 0 heterocycles. The van der Waals surface area contributed by atoms with Crippen molar-refractivity contribution in [2.75, 3.05) is 0 Å². The first-order valence-corrected chi connectivity index (χ1v) is 8.26. The van der Waals surface area contributed by atoms with Crippen molar-refractivity contribution >= 4 is 21.7 Å². The van der Waals surface area contributed by atoms with E-state index in [0.29, 0.717) is 0 Å². The highest BCUT2D eigenvalue weighted by molar-refractivity contribution is 7.87. The van der Waals surface area contributed by atoms with E-state index in [1.807, 2.05) is 6.07 Å². The topological polar surface area (TPSA) is 43.4 Å². The highest BCUT2D eigenvalue weighted by atomic mass is 35.5. The lowest BCUT2D eigenvalue weighted by atomic mass is 10.1. The molecule has 0 aliphatic heterocycles. The lowest BCUT2D eigenvalue weighted by molar-refractivity contribution is 0.485. The molecule has 0 amide bonds. The maximum absolute atomic E-state index is 13.1. The normalized spacial score (nSPS) is 14.0. The molecule has 110 valence electrons. The number of hydrogen-bond donors (Lipinski definition) is 0. The average molecular weight is 327 g/mol. The van der Waals surface area contributed by atoms with Gasteiger partial charge < -0.3 is 4.18 Å². The van der Waals surface area contributed by atoms with E-state index in [1.165, 1.54) is 5.56 Å². The van der Waals surface area contributed by atoms with Crippen molar-refractivity contribution in [2.24, 2.45) is 0 Å². The van der Waals surface area contributed by atoms with E-state index in [2.05, 4.69) is 0 Å². The van der Waals surface area contributed by atoms with Gasteiger partial charge in [0.15, 0.2) is 0 Å². The van der Waals surface area contributed by atoms with E-state index in [1.54, 1.807) is 12.1 Å². The van der Waals surface area contributed by atoms with Crippen molar-refractivity contribution in [1.29, 1.82) is 0 Å². The van der Waals surface area contributed by atoms with Crippen LogP contribution in [0.1, 0.15) is 17.5 Å². The Balaban J connectivity index is 1.90. The molecule has 0 aromatic heterocycles. The summed E-state index contributed by atoms with van der Waals surface area (Å²) in [5.41, 5.74) is 2.34. The fourth-order valence-electron chi connectivity index (χ4n) is 2.41. The molecular formula is C15H12ClFO3S. The Morgan fingerprint density at radius 2 is 1.81 bits per heavy atom. The van der Waals surface area contributed by atoms with Gasteiger partial charge in [-0.2, -0.15) is 8.42 Å². The molecule has 0 saturated heterocycles. The molecule has 3 nitrogen and oxygen atoms in total. The molecule has 2 aromatic rings. The summed E-state index contributed by atoms with van der Waals surface area (Å²) in [4.78, 5) is -0.172. The standard InChI is InChI=1S/C15H12ClFO3S/c16-14-9-13(6-7-15(14)17)21(18,19)20-12-5-4-10-2-1-3-11(10)8-12/h4-9H,1-3H2. The molecule has 0 bridgehead atoms. The third-order valence-electron chi connectivity index (χ3n) is 3.46. The lowest BCUT2D eigenvalue weighted by Crippen LogP contribution is -2.10. The minimum Gasteiger partial charge on any atom is -0.379 e. The molecule has 0 fully saturated rings. The number of benzene rings is 2. The highest BCUT2D eigenvalue weighted by Crippen LogP contribution is 2.28. The van der Waals surface area contributed by atoms with Gasteiger partial charge in [-0.25, -0.2) is 4.39 Å². The van der Waals surface area contributed by atoms with Gasteiger partial charge in [0.2, 0.25) is 0 Å². The fraction of sp³-hybridized carbons (Fsp3) is 0.200. The molecule has 2 aromatic carbocycles. The maximum atomic E-state index is 13.1. The smallest absolute Gasteiger partial charge is 0.339 e. The monoisotopic (exact) mass is 326 g/mol. The van der Waals surface area contributed by atoms with Gasteiger partial charge in [0.05, 0.1) is 5.02 Å². The largest absolute Gasteiger partial charge is 0.379 e. The molecule has 0 spiro atoms. The van der Waals surface area contributed by atoms with Crippen molar-refractivity contribution in [1.82, 2.24) is 0 Å². The van der Waals surface area contributed by atoms with Crippen molar-refractivity contribution in [2.45, 2.75) is 24.2 Å². The van der Waals surface area contributed by atoms with Gasteiger partial charge in [0.25, 0.3) is 0 Å². The average Bonchev–Trinajstić information content (AvgIpc) is 2.88. The quantitative estimate of drug-likeness (QED) is 0.807. The van der Waals surface area contributed by atoms with E-state index in [4.69, 9.17) is 15.8 Å². The van der Waals surface area contributed by atoms with Gasteiger partial charge in [0.1, 0.15) is 16.5 Å². The van der Waals surface area contributed by atoms with Crippen LogP contribution in [-0.2, 0) is 23.0 Å². The van der Waals surface area contributed by atoms with Crippen LogP contribution in [0.4, 0.5) is 4.39 Å². The second kappa shape index (κ2) is 5.31. The van der Waals surface area contributed by atoms with Crippen LogP contribution in [0.25, 0.3) is 0 Å². The van der Waals surface area contributed by atoms with Gasteiger partial charge >= 0.3 is 10.1 Å². The summed E-state index contributed by atoms with van der Waals surface area (Å²) in [6.07, 6.45) is 3.00. The van der Waals surface area contributed by atoms with Gasteiger partial charge in [-0.1, -0.05) is 17.7 Å². The summed E-state index contributed by atoms with van der Waals surface area (Å²) in [5, 5.41) is -0.256. The summed E-state index contributed by atoms with van der Waals surface area (Å²) in [7, 11) is -4.02. The predicted octanol–water partition coefficient (Wildman–Crippen LogP) is 3.74. The SMILES string of the molecule is O=S(=O)(Oc1ccc2c(c1)CCC2)c1ccc(F)c(Cl)c1. The molecule has 0 radical (unpaired) electrons. The number of hydrogen-bond acceptors (Lipinski definition) is 3. The van der Waals surface area contributed by atoms with E-state index < -0.39 is 15.9 Å². The van der Waals surface area contributed by atoms with Gasteiger partial charge in [-0.3, -0.25) is 0 Å². The molecule has 6 heteroatoms. The first-order chi connectivity index (χ1) is 9.95. The number of fused-ring (bicyclic) bond motifs is 1. The van der Waals surface area contributed by atoms with Crippen molar-refractivity contribution in [3.8, 4) is 5.75 Å². The third-order valence-corrected chi connectivity index (χ3v) is 4.99. The summed E-state index contributed by atoms with van der Waals surface area (Å²) >= 11 is 5.60. The van der Waals surface area contributed by atoms with Crippen LogP contribution in [-0.4, -0.2) is 8.42 Å². The third kappa shape index (κ3) is 2.89. The zero-order valence-electron chi connectivity index (χ0n) is 11.0. The van der Waals surface area contributed by atoms with Crippen LogP contribution in [0, 0.1) is 5.82 Å². The summed E-state index contributed by atoms with van der Waals surface area (Å²) < 4.78 is 42.5.